The van der Waals surface area contributed by atoms with Gasteiger partial charge in [-0.2, -0.15) is 0 Å². The number of nitrogens with one attached hydrogen (secondary N) is 2. The summed E-state index contributed by atoms with van der Waals surface area (Å²) >= 11 is 0. The number of benzene rings is 2. The van der Waals surface area contributed by atoms with Crippen molar-refractivity contribution in [1.82, 2.24) is 10.6 Å². The highest BCUT2D eigenvalue weighted by Crippen LogP contribution is 2.32. The third-order valence-corrected chi connectivity index (χ3v) is 5.87. The molecule has 5 nitrogen and oxygen atoms in total. The third kappa shape index (κ3) is 7.77. The average Bonchev–Trinajstić information content (AvgIpc) is 3.25. The number of aliphatic hydroxyl groups excluding tert-OH is 1. The van der Waals surface area contributed by atoms with Crippen molar-refractivity contribution in [1.29, 1.82) is 0 Å². The average molecular weight is 537 g/mol. The van der Waals surface area contributed by atoms with Gasteiger partial charge in [0.1, 0.15) is 0 Å². The number of hydrogen-bond acceptors (Lipinski definition) is 3. The summed E-state index contributed by atoms with van der Waals surface area (Å²) in [6, 6.07) is 21.4. The molecule has 6 heteroatoms. The Morgan fingerprint density at radius 3 is 2.23 bits per heavy atom. The Bertz CT molecular complexity index is 725. The molecule has 1 fully saturated rings. The normalized spacial score (nSPS) is 18.6. The zero-order valence-electron chi connectivity index (χ0n) is 18.4. The van der Waals surface area contributed by atoms with Gasteiger partial charge in [0.05, 0.1) is 13.2 Å². The molecule has 1 atom stereocenters. The van der Waals surface area contributed by atoms with E-state index < -0.39 is 0 Å². The van der Waals surface area contributed by atoms with E-state index >= 15 is 0 Å². The maximum absolute atomic E-state index is 9.44. The molecule has 0 saturated carbocycles. The molecule has 1 aliphatic rings. The minimum absolute atomic E-state index is 0. The highest BCUT2D eigenvalue weighted by molar-refractivity contribution is 14.0. The molecule has 0 aliphatic carbocycles. The molecule has 2 aromatic carbocycles. The van der Waals surface area contributed by atoms with Gasteiger partial charge in [0.15, 0.2) is 5.96 Å². The highest BCUT2D eigenvalue weighted by Gasteiger charge is 2.34. The van der Waals surface area contributed by atoms with Gasteiger partial charge in [0.2, 0.25) is 0 Å². The predicted octanol–water partition coefficient (Wildman–Crippen LogP) is 4.17. The van der Waals surface area contributed by atoms with E-state index in [0.29, 0.717) is 19.1 Å². The molecular formula is C25H36IN3O2. The first-order valence-electron chi connectivity index (χ1n) is 11.1. The first-order chi connectivity index (χ1) is 14.8. The quantitative estimate of drug-likeness (QED) is 0.242. The van der Waals surface area contributed by atoms with Gasteiger partial charge in [-0.25, -0.2) is 0 Å². The Labute approximate surface area is 203 Å². The standard InChI is InChI=1S/C25H35N3O2.HI/c1-2-26-24(28-19-25(14-17-29)15-18-30-20-25)27-16-13-23(21-9-5-3-6-10-21)22-11-7-4-8-12-22;/h3-12,23,29H,2,13-20H2,1H3,(H2,26,27,28);1H. The molecule has 0 aromatic heterocycles. The van der Waals surface area contributed by atoms with Crippen molar-refractivity contribution >= 4 is 29.9 Å². The van der Waals surface area contributed by atoms with Crippen LogP contribution in [0, 0.1) is 5.41 Å². The number of hydrogen-bond donors (Lipinski definition) is 3. The van der Waals surface area contributed by atoms with Crippen molar-refractivity contribution in [2.45, 2.75) is 32.1 Å². The fraction of sp³-hybridized carbons (Fsp3) is 0.480. The lowest BCUT2D eigenvalue weighted by Gasteiger charge is -2.25. The van der Waals surface area contributed by atoms with Crippen LogP contribution < -0.4 is 10.6 Å². The number of aliphatic imine (C=N–C) groups is 1. The van der Waals surface area contributed by atoms with Gasteiger partial charge in [0, 0.05) is 37.6 Å². The van der Waals surface area contributed by atoms with Crippen LogP contribution in [-0.4, -0.2) is 50.5 Å². The molecular weight excluding hydrogens is 501 g/mol. The smallest absolute Gasteiger partial charge is 0.191 e. The van der Waals surface area contributed by atoms with E-state index in [1.807, 2.05) is 0 Å². The molecule has 3 N–H and O–H groups in total. The largest absolute Gasteiger partial charge is 0.396 e. The van der Waals surface area contributed by atoms with Crippen molar-refractivity contribution in [3.8, 4) is 0 Å². The van der Waals surface area contributed by atoms with Gasteiger partial charge in [-0.1, -0.05) is 60.7 Å². The van der Waals surface area contributed by atoms with Crippen LogP contribution in [0.2, 0.25) is 0 Å². The number of rotatable bonds is 10. The van der Waals surface area contributed by atoms with Crippen LogP contribution in [0.15, 0.2) is 65.7 Å². The Morgan fingerprint density at radius 1 is 1.06 bits per heavy atom. The van der Waals surface area contributed by atoms with Gasteiger partial charge in [-0.3, -0.25) is 4.99 Å². The second-order valence-corrected chi connectivity index (χ2v) is 8.06. The maximum atomic E-state index is 9.44. The molecule has 1 unspecified atom stereocenters. The van der Waals surface area contributed by atoms with Gasteiger partial charge in [0.25, 0.3) is 0 Å². The van der Waals surface area contributed by atoms with Crippen molar-refractivity contribution in [2.75, 3.05) is 39.5 Å². The topological polar surface area (TPSA) is 65.9 Å². The van der Waals surface area contributed by atoms with Crippen molar-refractivity contribution < 1.29 is 9.84 Å². The number of guanidine groups is 1. The molecule has 3 rings (SSSR count). The maximum Gasteiger partial charge on any atom is 0.191 e. The number of halogens is 1. The Hall–Kier alpha value is -1.64. The summed E-state index contributed by atoms with van der Waals surface area (Å²) in [6.07, 6.45) is 2.67. The fourth-order valence-electron chi connectivity index (χ4n) is 4.11. The van der Waals surface area contributed by atoms with Gasteiger partial charge in [-0.15, -0.1) is 24.0 Å². The zero-order valence-corrected chi connectivity index (χ0v) is 20.8. The number of ether oxygens (including phenoxy) is 1. The third-order valence-electron chi connectivity index (χ3n) is 5.87. The minimum Gasteiger partial charge on any atom is -0.396 e. The summed E-state index contributed by atoms with van der Waals surface area (Å²) in [4.78, 5) is 4.83. The van der Waals surface area contributed by atoms with Gasteiger partial charge < -0.3 is 20.5 Å². The van der Waals surface area contributed by atoms with E-state index in [1.165, 1.54) is 11.1 Å². The van der Waals surface area contributed by atoms with E-state index in [0.717, 1.165) is 44.9 Å². The Balaban J connectivity index is 0.00000341. The molecule has 0 spiro atoms. The molecule has 2 aromatic rings. The molecule has 1 saturated heterocycles. The molecule has 0 bridgehead atoms. The molecule has 1 aliphatic heterocycles. The van der Waals surface area contributed by atoms with Crippen LogP contribution in [0.1, 0.15) is 43.2 Å². The van der Waals surface area contributed by atoms with Gasteiger partial charge >= 0.3 is 0 Å². The molecule has 1 heterocycles. The second kappa shape index (κ2) is 13.7. The van der Waals surface area contributed by atoms with Crippen molar-refractivity contribution in [3.63, 3.8) is 0 Å². The summed E-state index contributed by atoms with van der Waals surface area (Å²) in [7, 11) is 0. The summed E-state index contributed by atoms with van der Waals surface area (Å²) in [5.41, 5.74) is 2.63. The lowest BCUT2D eigenvalue weighted by molar-refractivity contribution is 0.131. The molecule has 31 heavy (non-hydrogen) atoms. The predicted molar refractivity (Wildman–Crippen MR) is 138 cm³/mol. The monoisotopic (exact) mass is 537 g/mol. The first-order valence-corrected chi connectivity index (χ1v) is 11.1. The molecule has 170 valence electrons. The number of aliphatic hydroxyl groups is 1. The van der Waals surface area contributed by atoms with E-state index in [9.17, 15) is 5.11 Å². The van der Waals surface area contributed by atoms with E-state index in [1.54, 1.807) is 0 Å². The molecule has 0 radical (unpaired) electrons. The SMILES string of the molecule is CCNC(=NCC1(CCO)CCOC1)NCCC(c1ccccc1)c1ccccc1.I. The van der Waals surface area contributed by atoms with Crippen LogP contribution in [0.5, 0.6) is 0 Å². The van der Waals surface area contributed by atoms with Crippen LogP contribution in [0.3, 0.4) is 0 Å². The van der Waals surface area contributed by atoms with Gasteiger partial charge in [-0.05, 0) is 37.3 Å². The summed E-state index contributed by atoms with van der Waals surface area (Å²) in [5, 5.41) is 16.3. The first kappa shape index (κ1) is 25.6. The Kier molecular flexibility index (Phi) is 11.3. The summed E-state index contributed by atoms with van der Waals surface area (Å²) in [5.74, 6) is 1.17. The summed E-state index contributed by atoms with van der Waals surface area (Å²) in [6.45, 7) is 6.01. The van der Waals surface area contributed by atoms with E-state index in [2.05, 4.69) is 78.2 Å². The van der Waals surface area contributed by atoms with Crippen molar-refractivity contribution in [3.05, 3.63) is 71.8 Å². The minimum atomic E-state index is -0.0340. The van der Waals surface area contributed by atoms with E-state index in [-0.39, 0.29) is 36.0 Å². The zero-order chi connectivity index (χ0) is 21.1. The van der Waals surface area contributed by atoms with Crippen LogP contribution in [0.25, 0.3) is 0 Å². The van der Waals surface area contributed by atoms with Crippen molar-refractivity contribution in [2.24, 2.45) is 10.4 Å². The Morgan fingerprint density at radius 2 is 1.71 bits per heavy atom. The van der Waals surface area contributed by atoms with E-state index in [4.69, 9.17) is 9.73 Å². The van der Waals surface area contributed by atoms with Crippen LogP contribution in [0.4, 0.5) is 0 Å². The number of nitrogens with zero attached hydrogens (tertiary/aromatic N) is 1. The lowest BCUT2D eigenvalue weighted by atomic mass is 9.84. The second-order valence-electron chi connectivity index (χ2n) is 8.06. The molecule has 0 amide bonds. The highest BCUT2D eigenvalue weighted by atomic mass is 127. The summed E-state index contributed by atoms with van der Waals surface area (Å²) < 4.78 is 5.59. The van der Waals surface area contributed by atoms with Crippen LogP contribution >= 0.6 is 24.0 Å². The fourth-order valence-corrected chi connectivity index (χ4v) is 4.11. The van der Waals surface area contributed by atoms with Crippen LogP contribution in [-0.2, 0) is 4.74 Å². The lowest BCUT2D eigenvalue weighted by Crippen LogP contribution is -2.39.